The number of rotatable bonds is 0. The van der Waals surface area contributed by atoms with Crippen molar-refractivity contribution in [2.24, 2.45) is 0 Å². The SMILES string of the molecule is O=[Si](O)O.[Si]. The van der Waals surface area contributed by atoms with Gasteiger partial charge in [-0.3, -0.25) is 4.46 Å². The Morgan fingerprint density at radius 1 is 1.40 bits per heavy atom. The molecular weight excluding hydrogens is 104 g/mol. The molecule has 0 aromatic carbocycles. The topological polar surface area (TPSA) is 57.5 Å². The largest absolute Gasteiger partial charge is 0.761 e. The molecule has 4 radical (unpaired) electrons. The van der Waals surface area contributed by atoms with E-state index < -0.39 is 9.17 Å². The van der Waals surface area contributed by atoms with E-state index in [1.807, 2.05) is 0 Å². The Balaban J connectivity index is 0. The van der Waals surface area contributed by atoms with Crippen LogP contribution in [0.2, 0.25) is 0 Å². The van der Waals surface area contributed by atoms with Gasteiger partial charge in [-0.2, -0.15) is 0 Å². The van der Waals surface area contributed by atoms with Gasteiger partial charge in [0.1, 0.15) is 0 Å². The lowest BCUT2D eigenvalue weighted by Gasteiger charge is -1.55. The Labute approximate surface area is 35.2 Å². The van der Waals surface area contributed by atoms with Crippen molar-refractivity contribution in [3.05, 3.63) is 0 Å². The van der Waals surface area contributed by atoms with E-state index in [1.165, 1.54) is 0 Å². The minimum absolute atomic E-state index is 0. The Hall–Kier alpha value is -0.166. The average Bonchev–Trinajstić information content (AvgIpc) is 0.811. The van der Waals surface area contributed by atoms with Crippen LogP contribution in [-0.4, -0.2) is 29.7 Å². The minimum atomic E-state index is -3.13. The van der Waals surface area contributed by atoms with E-state index in [0.29, 0.717) is 0 Å². The highest BCUT2D eigenvalue weighted by atomic mass is 28.3. The van der Waals surface area contributed by atoms with Gasteiger partial charge in [-0.15, -0.1) is 0 Å². The molecule has 0 aliphatic rings. The second-order valence-electron chi connectivity index (χ2n) is 0.283. The first-order valence-electron chi connectivity index (χ1n) is 0.651. The first-order valence-corrected chi connectivity index (χ1v) is 1.95. The maximum Gasteiger partial charge on any atom is 0.761 e. The fourth-order valence-corrected chi connectivity index (χ4v) is 0. The van der Waals surface area contributed by atoms with Gasteiger partial charge < -0.3 is 9.59 Å². The van der Waals surface area contributed by atoms with Crippen molar-refractivity contribution >= 4 is 20.1 Å². The molecule has 5 heteroatoms. The zero-order valence-electron chi connectivity index (χ0n) is 2.30. The first kappa shape index (κ1) is 8.85. The lowest BCUT2D eigenvalue weighted by atomic mass is 15.8. The van der Waals surface area contributed by atoms with Crippen molar-refractivity contribution in [2.75, 3.05) is 0 Å². The maximum atomic E-state index is 8.74. The molecule has 0 unspecified atom stereocenters. The predicted octanol–water partition coefficient (Wildman–Crippen LogP) is -1.99. The molecule has 0 fully saturated rings. The van der Waals surface area contributed by atoms with Crippen LogP contribution in [0.15, 0.2) is 0 Å². The standard InChI is InChI=1S/H2O3Si.Si/c1-4(2)3;/h1-2H;. The third-order valence-electron chi connectivity index (χ3n) is 0. The monoisotopic (exact) mass is 106 g/mol. The lowest BCUT2D eigenvalue weighted by molar-refractivity contribution is 0.330. The van der Waals surface area contributed by atoms with Crippen LogP contribution >= 0.6 is 0 Å². The molecule has 0 amide bonds. The van der Waals surface area contributed by atoms with Gasteiger partial charge in [-0.25, -0.2) is 0 Å². The van der Waals surface area contributed by atoms with E-state index in [-0.39, 0.29) is 11.0 Å². The van der Waals surface area contributed by atoms with Gasteiger partial charge in [0.25, 0.3) is 0 Å². The molecule has 0 aromatic heterocycles. The third-order valence-corrected chi connectivity index (χ3v) is 0. The highest BCUT2D eigenvalue weighted by Crippen LogP contribution is 1.27. The summed E-state index contributed by atoms with van der Waals surface area (Å²) < 4.78 is 8.74. The van der Waals surface area contributed by atoms with E-state index in [0.717, 1.165) is 0 Å². The molecule has 0 aliphatic heterocycles. The van der Waals surface area contributed by atoms with Gasteiger partial charge in [0.05, 0.1) is 0 Å². The summed E-state index contributed by atoms with van der Waals surface area (Å²) in [6.45, 7) is 0. The first-order chi connectivity index (χ1) is 1.73. The second-order valence-corrected chi connectivity index (χ2v) is 0.848. The van der Waals surface area contributed by atoms with E-state index >= 15 is 0 Å². The number of hydrogen-bond donors (Lipinski definition) is 2. The average molecular weight is 106 g/mol. The molecule has 2 N–H and O–H groups in total. The maximum absolute atomic E-state index is 8.74. The van der Waals surface area contributed by atoms with Crippen molar-refractivity contribution in [2.45, 2.75) is 0 Å². The molecule has 0 spiro atoms. The quantitative estimate of drug-likeness (QED) is 0.351. The van der Waals surface area contributed by atoms with Crippen LogP contribution in [0, 0.1) is 0 Å². The summed E-state index contributed by atoms with van der Waals surface area (Å²) in [5.74, 6) is 0. The highest BCUT2D eigenvalue weighted by Gasteiger charge is 1.85. The molecule has 3 nitrogen and oxygen atoms in total. The van der Waals surface area contributed by atoms with Gasteiger partial charge in [-0.1, -0.05) is 0 Å². The van der Waals surface area contributed by atoms with Crippen LogP contribution in [0.4, 0.5) is 0 Å². The summed E-state index contributed by atoms with van der Waals surface area (Å²) in [4.78, 5) is 14.3. The Bertz CT molecular complexity index is 27.9. The van der Waals surface area contributed by atoms with E-state index in [9.17, 15) is 0 Å². The van der Waals surface area contributed by atoms with Crippen LogP contribution in [0.25, 0.3) is 0 Å². The normalized spacial score (nSPS) is 4.80. The molecule has 0 saturated heterocycles. The third kappa shape index (κ3) is 467. The molecular formula is H2O3Si2. The van der Waals surface area contributed by atoms with Crippen LogP contribution in [0.1, 0.15) is 0 Å². The summed E-state index contributed by atoms with van der Waals surface area (Å²) in [6.07, 6.45) is 0. The Morgan fingerprint density at radius 2 is 1.40 bits per heavy atom. The van der Waals surface area contributed by atoms with Crippen molar-refractivity contribution in [1.29, 1.82) is 0 Å². The molecule has 5 heavy (non-hydrogen) atoms. The van der Waals surface area contributed by atoms with Gasteiger partial charge in [0.2, 0.25) is 0 Å². The van der Waals surface area contributed by atoms with Crippen molar-refractivity contribution in [3.63, 3.8) is 0 Å². The van der Waals surface area contributed by atoms with Gasteiger partial charge in [0, 0.05) is 11.0 Å². The zero-order valence-corrected chi connectivity index (χ0v) is 4.30. The summed E-state index contributed by atoms with van der Waals surface area (Å²) in [7, 11) is -3.13. The molecule has 0 heterocycles. The predicted molar refractivity (Wildman–Crippen MR) is 16.6 cm³/mol. The number of hydrogen-bond acceptors (Lipinski definition) is 1. The molecule has 0 aromatic rings. The second kappa shape index (κ2) is 3.83. The Morgan fingerprint density at radius 3 is 1.40 bits per heavy atom. The van der Waals surface area contributed by atoms with Crippen molar-refractivity contribution in [3.8, 4) is 0 Å². The molecule has 0 bridgehead atoms. The Kier molecular flexibility index (Phi) is 6.78. The van der Waals surface area contributed by atoms with Gasteiger partial charge >= 0.3 is 9.17 Å². The van der Waals surface area contributed by atoms with Crippen LogP contribution in [-0.2, 0) is 4.46 Å². The highest BCUT2D eigenvalue weighted by molar-refractivity contribution is 6.22. The molecule has 0 atom stereocenters. The zero-order chi connectivity index (χ0) is 3.58. The summed E-state index contributed by atoms with van der Waals surface area (Å²) >= 11 is 0. The van der Waals surface area contributed by atoms with Crippen molar-refractivity contribution < 1.29 is 14.1 Å². The summed E-state index contributed by atoms with van der Waals surface area (Å²) in [5.41, 5.74) is 0. The van der Waals surface area contributed by atoms with E-state index in [1.54, 1.807) is 0 Å². The fourth-order valence-electron chi connectivity index (χ4n) is 0. The molecule has 0 saturated carbocycles. The lowest BCUT2D eigenvalue weighted by Crippen LogP contribution is -1.90. The molecule has 0 rings (SSSR count). The molecule has 0 aliphatic carbocycles. The van der Waals surface area contributed by atoms with Gasteiger partial charge in [0.15, 0.2) is 0 Å². The van der Waals surface area contributed by atoms with Crippen molar-refractivity contribution in [1.82, 2.24) is 0 Å². The van der Waals surface area contributed by atoms with Crippen LogP contribution in [0.5, 0.6) is 0 Å². The minimum Gasteiger partial charge on any atom is -0.511 e. The van der Waals surface area contributed by atoms with E-state index in [4.69, 9.17) is 14.1 Å². The summed E-state index contributed by atoms with van der Waals surface area (Å²) in [5, 5.41) is 0. The smallest absolute Gasteiger partial charge is 0.511 e. The van der Waals surface area contributed by atoms with Gasteiger partial charge in [-0.05, 0) is 0 Å². The van der Waals surface area contributed by atoms with E-state index in [2.05, 4.69) is 0 Å². The summed E-state index contributed by atoms with van der Waals surface area (Å²) in [6, 6.07) is 0. The molecule has 28 valence electrons. The van der Waals surface area contributed by atoms with Crippen LogP contribution in [0.3, 0.4) is 0 Å². The van der Waals surface area contributed by atoms with Crippen LogP contribution < -0.4 is 0 Å². The fraction of sp³-hybridized carbons (Fsp3) is 0.